The lowest BCUT2D eigenvalue weighted by Crippen LogP contribution is -2.26. The van der Waals surface area contributed by atoms with Gasteiger partial charge in [-0.05, 0) is 48.7 Å². The van der Waals surface area contributed by atoms with E-state index in [1.807, 2.05) is 13.8 Å². The number of hydrogen-bond donors (Lipinski definition) is 2. The van der Waals surface area contributed by atoms with Crippen LogP contribution in [0.15, 0.2) is 58.7 Å². The molecule has 0 amide bonds. The van der Waals surface area contributed by atoms with Crippen molar-refractivity contribution in [1.82, 2.24) is 38.8 Å². The van der Waals surface area contributed by atoms with E-state index in [0.717, 1.165) is 12.0 Å². The number of aryl methyl sites for hydroxylation is 1. The number of nitrogens with one attached hydrogen (secondary N) is 2. The third kappa shape index (κ3) is 4.70. The minimum atomic E-state index is -3.85. The number of sulfonamides is 1. The van der Waals surface area contributed by atoms with Crippen molar-refractivity contribution in [3.8, 4) is 17.1 Å². The first-order valence-corrected chi connectivity index (χ1v) is 13.4. The van der Waals surface area contributed by atoms with E-state index in [1.165, 1.54) is 22.9 Å². The van der Waals surface area contributed by atoms with Crippen LogP contribution in [0.1, 0.15) is 32.3 Å². The first kappa shape index (κ1) is 24.6. The molecule has 192 valence electrons. The number of hydrogen-bond acceptors (Lipinski definition) is 8. The zero-order chi connectivity index (χ0) is 26.0. The van der Waals surface area contributed by atoms with Crippen molar-refractivity contribution < 1.29 is 13.2 Å². The number of rotatable bonds is 10. The van der Waals surface area contributed by atoms with Crippen LogP contribution < -0.4 is 15.1 Å². The van der Waals surface area contributed by atoms with Crippen molar-refractivity contribution in [2.45, 2.75) is 44.7 Å². The Bertz CT molecular complexity index is 1720. The summed E-state index contributed by atoms with van der Waals surface area (Å²) in [5.41, 5.74) is 2.20. The summed E-state index contributed by atoms with van der Waals surface area (Å²) in [5, 5.41) is 7.97. The van der Waals surface area contributed by atoms with Crippen molar-refractivity contribution in [3.63, 3.8) is 0 Å². The van der Waals surface area contributed by atoms with E-state index in [9.17, 15) is 13.2 Å². The van der Waals surface area contributed by atoms with E-state index >= 15 is 0 Å². The highest BCUT2D eigenvalue weighted by Crippen LogP contribution is 2.32. The van der Waals surface area contributed by atoms with E-state index in [-0.39, 0.29) is 17.1 Å². The molecule has 2 N–H and O–H groups in total. The molecule has 12 nitrogen and oxygen atoms in total. The first-order chi connectivity index (χ1) is 17.9. The summed E-state index contributed by atoms with van der Waals surface area (Å²) in [6.07, 6.45) is 6.05. The van der Waals surface area contributed by atoms with Gasteiger partial charge in [0.25, 0.3) is 0 Å². The zero-order valence-corrected chi connectivity index (χ0v) is 21.2. The summed E-state index contributed by atoms with van der Waals surface area (Å²) >= 11 is 0. The third-order valence-electron chi connectivity index (χ3n) is 5.79. The van der Waals surface area contributed by atoms with Crippen LogP contribution >= 0.6 is 0 Å². The molecule has 0 aliphatic rings. The predicted molar refractivity (Wildman–Crippen MR) is 137 cm³/mol. The predicted octanol–water partition coefficient (Wildman–Crippen LogP) is 2.51. The normalized spacial score (nSPS) is 11.9. The Hall–Kier alpha value is -4.10. The SMILES string of the molecule is CCCOc1ccc(S(=O)(=O)NCc2ccncc2)cc1-c1nc2c([nH]1)c1nncn1c(=O)n2CCC. The van der Waals surface area contributed by atoms with Gasteiger partial charge in [0, 0.05) is 25.5 Å². The van der Waals surface area contributed by atoms with Crippen molar-refractivity contribution in [1.29, 1.82) is 0 Å². The number of ether oxygens (including phenoxy) is 1. The molecular weight excluding hydrogens is 496 g/mol. The van der Waals surface area contributed by atoms with Crippen LogP contribution in [0.2, 0.25) is 0 Å². The molecule has 0 radical (unpaired) electrons. The molecule has 0 saturated carbocycles. The summed E-state index contributed by atoms with van der Waals surface area (Å²) in [6.45, 7) is 4.95. The summed E-state index contributed by atoms with van der Waals surface area (Å²) in [6, 6.07) is 8.11. The van der Waals surface area contributed by atoms with Crippen LogP contribution in [0.25, 0.3) is 28.2 Å². The van der Waals surface area contributed by atoms with Crippen LogP contribution in [-0.2, 0) is 23.1 Å². The van der Waals surface area contributed by atoms with Gasteiger partial charge in [-0.25, -0.2) is 27.3 Å². The highest BCUT2D eigenvalue weighted by molar-refractivity contribution is 7.89. The molecular formula is C24H26N8O4S. The quantitative estimate of drug-likeness (QED) is 0.284. The lowest BCUT2D eigenvalue weighted by molar-refractivity contribution is 0.318. The maximum Gasteiger partial charge on any atom is 0.336 e. The number of aromatic amines is 1. The van der Waals surface area contributed by atoms with E-state index in [2.05, 4.69) is 24.9 Å². The fraction of sp³-hybridized carbons (Fsp3) is 0.292. The fourth-order valence-electron chi connectivity index (χ4n) is 4.00. The molecule has 13 heteroatoms. The Morgan fingerprint density at radius 3 is 2.65 bits per heavy atom. The second-order valence-corrected chi connectivity index (χ2v) is 10.2. The van der Waals surface area contributed by atoms with Gasteiger partial charge in [0.05, 0.1) is 17.1 Å². The Balaban J connectivity index is 1.62. The van der Waals surface area contributed by atoms with Gasteiger partial charge in [-0.3, -0.25) is 9.55 Å². The van der Waals surface area contributed by atoms with Crippen molar-refractivity contribution in [2.75, 3.05) is 6.61 Å². The van der Waals surface area contributed by atoms with Crippen LogP contribution in [0.4, 0.5) is 0 Å². The molecule has 0 unspecified atom stereocenters. The van der Waals surface area contributed by atoms with Crippen LogP contribution in [0.5, 0.6) is 5.75 Å². The summed E-state index contributed by atoms with van der Waals surface area (Å²) in [5.74, 6) is 0.823. The van der Waals surface area contributed by atoms with Crippen molar-refractivity contribution in [2.24, 2.45) is 0 Å². The molecule has 0 fully saturated rings. The molecule has 0 aliphatic carbocycles. The minimum absolute atomic E-state index is 0.0550. The van der Waals surface area contributed by atoms with Gasteiger partial charge >= 0.3 is 5.69 Å². The van der Waals surface area contributed by atoms with Gasteiger partial charge in [-0.15, -0.1) is 10.2 Å². The number of aromatic nitrogens is 7. The van der Waals surface area contributed by atoms with Crippen LogP contribution in [0.3, 0.4) is 0 Å². The molecule has 0 atom stereocenters. The molecule has 4 aromatic heterocycles. The first-order valence-electron chi connectivity index (χ1n) is 11.9. The highest BCUT2D eigenvalue weighted by Gasteiger charge is 2.22. The monoisotopic (exact) mass is 522 g/mol. The molecule has 37 heavy (non-hydrogen) atoms. The zero-order valence-electron chi connectivity index (χ0n) is 20.4. The Kier molecular flexibility index (Phi) is 6.72. The lowest BCUT2D eigenvalue weighted by atomic mass is 10.2. The number of H-pyrrole nitrogens is 1. The Morgan fingerprint density at radius 1 is 1.08 bits per heavy atom. The van der Waals surface area contributed by atoms with Gasteiger partial charge in [0.2, 0.25) is 10.0 Å². The van der Waals surface area contributed by atoms with Gasteiger partial charge in [0.15, 0.2) is 11.3 Å². The summed E-state index contributed by atoms with van der Waals surface area (Å²) < 4.78 is 37.7. The summed E-state index contributed by atoms with van der Waals surface area (Å²) in [7, 11) is -3.85. The van der Waals surface area contributed by atoms with Crippen LogP contribution in [-0.4, -0.2) is 49.1 Å². The topological polar surface area (TPSA) is 149 Å². The number of fused-ring (bicyclic) bond motifs is 3. The number of benzene rings is 1. The fourth-order valence-corrected chi connectivity index (χ4v) is 5.04. The van der Waals surface area contributed by atoms with E-state index in [0.29, 0.717) is 53.5 Å². The van der Waals surface area contributed by atoms with E-state index < -0.39 is 10.0 Å². The Morgan fingerprint density at radius 2 is 1.89 bits per heavy atom. The number of pyridine rings is 1. The van der Waals surface area contributed by atoms with Gasteiger partial charge in [-0.2, -0.15) is 0 Å². The highest BCUT2D eigenvalue weighted by atomic mass is 32.2. The average molecular weight is 523 g/mol. The van der Waals surface area contributed by atoms with Crippen LogP contribution in [0, 0.1) is 0 Å². The van der Waals surface area contributed by atoms with Crippen molar-refractivity contribution in [3.05, 3.63) is 65.1 Å². The molecule has 4 heterocycles. The second-order valence-electron chi connectivity index (χ2n) is 8.43. The minimum Gasteiger partial charge on any atom is -0.493 e. The largest absolute Gasteiger partial charge is 0.493 e. The average Bonchev–Trinajstić information content (AvgIpc) is 3.57. The molecule has 5 aromatic rings. The molecule has 0 aliphatic heterocycles. The molecule has 1 aromatic carbocycles. The standard InChI is InChI=1S/C24H26N8O4S/c1-3-11-31-22-20(23-30-26-15-32(23)24(31)33)28-21(29-22)18-13-17(5-6-19(18)36-12-4-2)37(34,35)27-14-16-7-9-25-10-8-16/h5-10,13,15,27H,3-4,11-12,14H2,1-2H3,(H,28,29). The molecule has 0 saturated heterocycles. The van der Waals surface area contributed by atoms with Gasteiger partial charge in [0.1, 0.15) is 23.4 Å². The van der Waals surface area contributed by atoms with E-state index in [1.54, 1.807) is 35.2 Å². The van der Waals surface area contributed by atoms with Gasteiger partial charge in [-0.1, -0.05) is 13.8 Å². The third-order valence-corrected chi connectivity index (χ3v) is 7.19. The molecule has 0 bridgehead atoms. The molecule has 5 rings (SSSR count). The maximum absolute atomic E-state index is 13.1. The van der Waals surface area contributed by atoms with Gasteiger partial charge < -0.3 is 9.72 Å². The number of imidazole rings is 1. The summed E-state index contributed by atoms with van der Waals surface area (Å²) in [4.78, 5) is 24.9. The Labute approximate surface area is 212 Å². The second kappa shape index (κ2) is 10.1. The lowest BCUT2D eigenvalue weighted by Gasteiger charge is -2.12. The molecule has 0 spiro atoms. The van der Waals surface area contributed by atoms with Crippen molar-refractivity contribution >= 4 is 26.8 Å². The maximum atomic E-state index is 13.1. The smallest absolute Gasteiger partial charge is 0.336 e. The number of nitrogens with zero attached hydrogens (tertiary/aromatic N) is 6. The van der Waals surface area contributed by atoms with E-state index in [4.69, 9.17) is 9.72 Å².